The van der Waals surface area contributed by atoms with Crippen molar-refractivity contribution in [3.05, 3.63) is 47.0 Å². The van der Waals surface area contributed by atoms with Crippen molar-refractivity contribution in [2.24, 2.45) is 0 Å². The molecule has 0 fully saturated rings. The average Bonchev–Trinajstić information content (AvgIpc) is 2.38. The molecule has 0 amide bonds. The first kappa shape index (κ1) is 11.6. The Morgan fingerprint density at radius 2 is 1.82 bits per heavy atom. The summed E-state index contributed by atoms with van der Waals surface area (Å²) in [6, 6.07) is 11.6. The van der Waals surface area contributed by atoms with E-state index in [9.17, 15) is 10.1 Å². The van der Waals surface area contributed by atoms with Crippen LogP contribution in [0, 0.1) is 11.3 Å². The second-order valence-electron chi connectivity index (χ2n) is 4.22. The maximum Gasteiger partial charge on any atom is 0.187 e. The first-order valence-corrected chi connectivity index (χ1v) is 5.96. The van der Waals surface area contributed by atoms with Gasteiger partial charge < -0.3 is 0 Å². The Labute approximate surface area is 102 Å². The topological polar surface area (TPSA) is 40.9 Å². The van der Waals surface area contributed by atoms with Gasteiger partial charge in [0, 0.05) is 0 Å². The van der Waals surface area contributed by atoms with Gasteiger partial charge in [-0.3, -0.25) is 4.79 Å². The highest BCUT2D eigenvalue weighted by Gasteiger charge is 2.53. The van der Waals surface area contributed by atoms with Crippen molar-refractivity contribution in [2.75, 3.05) is 0 Å². The van der Waals surface area contributed by atoms with E-state index < -0.39 is 5.41 Å². The Bertz CT molecular complexity index is 522. The van der Waals surface area contributed by atoms with Crippen LogP contribution in [0.2, 0.25) is 0 Å². The van der Waals surface area contributed by atoms with Crippen LogP contribution in [-0.2, 0) is 10.2 Å². The molecule has 1 aliphatic carbocycles. The second-order valence-corrected chi connectivity index (χ2v) is 4.22. The highest BCUT2D eigenvalue weighted by Crippen LogP contribution is 2.47. The van der Waals surface area contributed by atoms with Crippen LogP contribution < -0.4 is 0 Å². The summed E-state index contributed by atoms with van der Waals surface area (Å²) in [5, 5.41) is 9.47. The third-order valence-corrected chi connectivity index (χ3v) is 3.51. The van der Waals surface area contributed by atoms with Crippen molar-refractivity contribution < 1.29 is 4.79 Å². The number of nitriles is 1. The van der Waals surface area contributed by atoms with Crippen molar-refractivity contribution >= 4 is 5.78 Å². The molecule has 86 valence electrons. The standard InChI is InChI=1S/C15H15NO/c1-3-12-13(4-2)15(10-16,14(12)17)11-8-6-5-7-9-11/h5-9H,3-4H2,1-2H3. The molecule has 0 radical (unpaired) electrons. The van der Waals surface area contributed by atoms with E-state index in [4.69, 9.17) is 0 Å². The fourth-order valence-corrected chi connectivity index (χ4v) is 2.69. The molecule has 0 aliphatic heterocycles. The Balaban J connectivity index is 2.61. The zero-order valence-corrected chi connectivity index (χ0v) is 10.2. The molecular weight excluding hydrogens is 210 g/mol. The first-order chi connectivity index (χ1) is 8.22. The summed E-state index contributed by atoms with van der Waals surface area (Å²) < 4.78 is 0. The Morgan fingerprint density at radius 3 is 2.29 bits per heavy atom. The van der Waals surface area contributed by atoms with Crippen LogP contribution in [0.3, 0.4) is 0 Å². The summed E-state index contributed by atoms with van der Waals surface area (Å²) in [5.74, 6) is -0.00875. The largest absolute Gasteiger partial charge is 0.292 e. The lowest BCUT2D eigenvalue weighted by Gasteiger charge is -2.39. The van der Waals surface area contributed by atoms with E-state index in [0.717, 1.165) is 29.6 Å². The van der Waals surface area contributed by atoms with Crippen molar-refractivity contribution in [3.63, 3.8) is 0 Å². The first-order valence-electron chi connectivity index (χ1n) is 5.96. The molecule has 2 heteroatoms. The number of carbonyl (C=O) groups excluding carboxylic acids is 1. The van der Waals surface area contributed by atoms with E-state index in [1.807, 2.05) is 44.2 Å². The monoisotopic (exact) mass is 225 g/mol. The molecule has 1 unspecified atom stereocenters. The highest BCUT2D eigenvalue weighted by atomic mass is 16.1. The Morgan fingerprint density at radius 1 is 1.18 bits per heavy atom. The van der Waals surface area contributed by atoms with E-state index in [2.05, 4.69) is 6.07 Å². The number of hydrogen-bond donors (Lipinski definition) is 0. The number of Topliss-reactive ketones (excluding diaryl/α,β-unsaturated/α-hetero) is 1. The lowest BCUT2D eigenvalue weighted by molar-refractivity contribution is -0.120. The van der Waals surface area contributed by atoms with Gasteiger partial charge in [-0.05, 0) is 29.6 Å². The fraction of sp³-hybridized carbons (Fsp3) is 0.333. The number of carbonyl (C=O) groups is 1. The molecule has 2 rings (SSSR count). The molecule has 0 aromatic heterocycles. The van der Waals surface area contributed by atoms with E-state index >= 15 is 0 Å². The van der Waals surface area contributed by atoms with Crippen LogP contribution in [0.15, 0.2) is 41.5 Å². The average molecular weight is 225 g/mol. The van der Waals surface area contributed by atoms with Crippen molar-refractivity contribution in [2.45, 2.75) is 32.1 Å². The maximum absolute atomic E-state index is 12.2. The number of allylic oxidation sites excluding steroid dienone is 2. The van der Waals surface area contributed by atoms with Crippen LogP contribution in [0.5, 0.6) is 0 Å². The summed E-state index contributed by atoms with van der Waals surface area (Å²) in [5.41, 5.74) is 1.65. The van der Waals surface area contributed by atoms with E-state index in [0.29, 0.717) is 0 Å². The third kappa shape index (κ3) is 1.36. The van der Waals surface area contributed by atoms with Gasteiger partial charge in [-0.15, -0.1) is 0 Å². The predicted octanol–water partition coefficient (Wildman–Crippen LogP) is 3.15. The van der Waals surface area contributed by atoms with Crippen molar-refractivity contribution in [1.82, 2.24) is 0 Å². The smallest absolute Gasteiger partial charge is 0.187 e. The van der Waals surface area contributed by atoms with Gasteiger partial charge in [0.1, 0.15) is 0 Å². The summed E-state index contributed by atoms with van der Waals surface area (Å²) in [6.45, 7) is 3.97. The number of nitrogens with zero attached hydrogens (tertiary/aromatic N) is 1. The van der Waals surface area contributed by atoms with Crippen LogP contribution in [0.25, 0.3) is 0 Å². The third-order valence-electron chi connectivity index (χ3n) is 3.51. The molecule has 0 bridgehead atoms. The van der Waals surface area contributed by atoms with E-state index in [-0.39, 0.29) is 5.78 Å². The lowest BCUT2D eigenvalue weighted by Crippen LogP contribution is -2.47. The Hall–Kier alpha value is -1.88. The van der Waals surface area contributed by atoms with Gasteiger partial charge in [-0.1, -0.05) is 44.2 Å². The fourth-order valence-electron chi connectivity index (χ4n) is 2.69. The minimum Gasteiger partial charge on any atom is -0.292 e. The van der Waals surface area contributed by atoms with Gasteiger partial charge in [0.2, 0.25) is 0 Å². The number of ketones is 1. The normalized spacial score (nSPS) is 23.2. The van der Waals surface area contributed by atoms with Gasteiger partial charge in [0.15, 0.2) is 11.2 Å². The minimum atomic E-state index is -0.999. The molecule has 1 aromatic rings. The van der Waals surface area contributed by atoms with Crippen molar-refractivity contribution in [3.8, 4) is 6.07 Å². The quantitative estimate of drug-likeness (QED) is 0.792. The molecule has 0 saturated heterocycles. The molecule has 0 spiro atoms. The molecule has 17 heavy (non-hydrogen) atoms. The molecule has 1 atom stereocenters. The summed E-state index contributed by atoms with van der Waals surface area (Å²) >= 11 is 0. The van der Waals surface area contributed by atoms with Crippen LogP contribution >= 0.6 is 0 Å². The molecular formula is C15H15NO. The molecule has 0 N–H and O–H groups in total. The number of benzene rings is 1. The molecule has 2 nitrogen and oxygen atoms in total. The molecule has 1 aromatic carbocycles. The summed E-state index contributed by atoms with van der Waals surface area (Å²) in [4.78, 5) is 12.2. The second kappa shape index (κ2) is 4.18. The van der Waals surface area contributed by atoms with Crippen LogP contribution in [0.1, 0.15) is 32.3 Å². The van der Waals surface area contributed by atoms with Crippen LogP contribution in [0.4, 0.5) is 0 Å². The summed E-state index contributed by atoms with van der Waals surface area (Å²) in [6.07, 6.45) is 1.48. The van der Waals surface area contributed by atoms with Gasteiger partial charge in [0.25, 0.3) is 0 Å². The predicted molar refractivity (Wildman–Crippen MR) is 66.3 cm³/mol. The molecule has 1 aliphatic rings. The zero-order valence-electron chi connectivity index (χ0n) is 10.2. The Kier molecular flexibility index (Phi) is 2.85. The molecule has 0 heterocycles. The van der Waals surface area contributed by atoms with Crippen molar-refractivity contribution in [1.29, 1.82) is 5.26 Å². The zero-order chi connectivity index (χ0) is 12.5. The number of rotatable bonds is 3. The molecule has 0 saturated carbocycles. The summed E-state index contributed by atoms with van der Waals surface area (Å²) in [7, 11) is 0. The lowest BCUT2D eigenvalue weighted by atomic mass is 9.58. The SMILES string of the molecule is CCC1=C(CC)C(C#N)(c2ccccc2)C1=O. The number of hydrogen-bond acceptors (Lipinski definition) is 2. The minimum absolute atomic E-state index is 0.00875. The van der Waals surface area contributed by atoms with Gasteiger partial charge in [-0.25, -0.2) is 0 Å². The van der Waals surface area contributed by atoms with E-state index in [1.54, 1.807) is 0 Å². The van der Waals surface area contributed by atoms with Gasteiger partial charge >= 0.3 is 0 Å². The van der Waals surface area contributed by atoms with Gasteiger partial charge in [0.05, 0.1) is 6.07 Å². The van der Waals surface area contributed by atoms with E-state index in [1.165, 1.54) is 0 Å². The van der Waals surface area contributed by atoms with Crippen LogP contribution in [-0.4, -0.2) is 5.78 Å². The maximum atomic E-state index is 12.2. The van der Waals surface area contributed by atoms with Gasteiger partial charge in [-0.2, -0.15) is 5.26 Å². The highest BCUT2D eigenvalue weighted by molar-refractivity contribution is 6.16.